The van der Waals surface area contributed by atoms with Crippen LogP contribution in [-0.2, 0) is 4.79 Å². The molecule has 0 aliphatic carbocycles. The monoisotopic (exact) mass is 396 g/mol. The van der Waals surface area contributed by atoms with Crippen LogP contribution in [0.25, 0.3) is 10.2 Å². The molecular weight excluding hydrogens is 376 g/mol. The fourth-order valence-corrected chi connectivity index (χ4v) is 5.17. The fraction of sp³-hybridized carbons (Fsp3) is 0.333. The molecule has 3 aromatic rings. The average molecular weight is 396 g/mol. The summed E-state index contributed by atoms with van der Waals surface area (Å²) in [6, 6.07) is 14.0. The number of para-hydroxylation sites is 1. The number of carboxylic acids is 1. The Morgan fingerprint density at radius 1 is 1.21 bits per heavy atom. The third-order valence-corrected chi connectivity index (χ3v) is 6.51. The van der Waals surface area contributed by atoms with Crippen LogP contribution in [0.2, 0.25) is 0 Å². The first-order chi connectivity index (χ1) is 13.7. The lowest BCUT2D eigenvalue weighted by molar-refractivity contribution is -0.143. The predicted octanol–water partition coefficient (Wildman–Crippen LogP) is 3.91. The highest BCUT2D eigenvalue weighted by molar-refractivity contribution is 7.18. The molecule has 2 aromatic carbocycles. The van der Waals surface area contributed by atoms with E-state index < -0.39 is 5.97 Å². The summed E-state index contributed by atoms with van der Waals surface area (Å²) in [7, 11) is 0. The molecule has 2 unspecified atom stereocenters. The van der Waals surface area contributed by atoms with Gasteiger partial charge in [0.25, 0.3) is 0 Å². The van der Waals surface area contributed by atoms with Crippen molar-refractivity contribution in [2.24, 2.45) is 5.92 Å². The number of carbonyl (C=O) groups is 1. The van der Waals surface area contributed by atoms with Gasteiger partial charge in [-0.05, 0) is 49.2 Å². The van der Waals surface area contributed by atoms with E-state index in [2.05, 4.69) is 11.0 Å². The summed E-state index contributed by atoms with van der Waals surface area (Å²) in [4.78, 5) is 18.7. The SMILES string of the molecule is O=C(O)C1CCCN(C(c2ccc3c(c2)OCO3)c2nc3ccccc3s2)C1. The van der Waals surface area contributed by atoms with E-state index in [1.54, 1.807) is 11.3 Å². The fourth-order valence-electron chi connectivity index (χ4n) is 4.04. The van der Waals surface area contributed by atoms with Crippen molar-refractivity contribution in [1.29, 1.82) is 0 Å². The van der Waals surface area contributed by atoms with Crippen molar-refractivity contribution in [3.8, 4) is 11.5 Å². The van der Waals surface area contributed by atoms with Gasteiger partial charge in [-0.25, -0.2) is 4.98 Å². The summed E-state index contributed by atoms with van der Waals surface area (Å²) in [6.07, 6.45) is 1.59. The van der Waals surface area contributed by atoms with Gasteiger partial charge in [-0.2, -0.15) is 0 Å². The van der Waals surface area contributed by atoms with Crippen molar-refractivity contribution in [2.75, 3.05) is 19.9 Å². The predicted molar refractivity (Wildman–Crippen MR) is 106 cm³/mol. The van der Waals surface area contributed by atoms with Crippen molar-refractivity contribution in [3.05, 3.63) is 53.0 Å². The molecule has 6 nitrogen and oxygen atoms in total. The van der Waals surface area contributed by atoms with Crippen LogP contribution >= 0.6 is 11.3 Å². The highest BCUT2D eigenvalue weighted by Gasteiger charge is 2.33. The van der Waals surface area contributed by atoms with Gasteiger partial charge in [0.1, 0.15) is 5.01 Å². The number of fused-ring (bicyclic) bond motifs is 2. The second-order valence-electron chi connectivity index (χ2n) is 7.21. The molecule has 1 N–H and O–H groups in total. The van der Waals surface area contributed by atoms with Gasteiger partial charge >= 0.3 is 5.97 Å². The number of ether oxygens (including phenoxy) is 2. The lowest BCUT2D eigenvalue weighted by Gasteiger charge is -2.36. The van der Waals surface area contributed by atoms with Crippen molar-refractivity contribution in [2.45, 2.75) is 18.9 Å². The van der Waals surface area contributed by atoms with Crippen LogP contribution in [0.5, 0.6) is 11.5 Å². The number of benzene rings is 2. The van der Waals surface area contributed by atoms with Gasteiger partial charge in [0.15, 0.2) is 11.5 Å². The molecule has 5 rings (SSSR count). The molecule has 1 fully saturated rings. The summed E-state index contributed by atoms with van der Waals surface area (Å²) >= 11 is 1.66. The maximum absolute atomic E-state index is 11.6. The van der Waals surface area contributed by atoms with E-state index in [4.69, 9.17) is 14.5 Å². The highest BCUT2D eigenvalue weighted by Crippen LogP contribution is 2.41. The van der Waals surface area contributed by atoms with Crippen LogP contribution in [0.1, 0.15) is 29.5 Å². The van der Waals surface area contributed by atoms with Crippen LogP contribution in [0.4, 0.5) is 0 Å². The Labute approximate surface area is 166 Å². The molecule has 0 bridgehead atoms. The summed E-state index contributed by atoms with van der Waals surface area (Å²) in [5.41, 5.74) is 2.02. The van der Waals surface area contributed by atoms with Gasteiger partial charge in [-0.1, -0.05) is 18.2 Å². The van der Waals surface area contributed by atoms with Gasteiger partial charge in [-0.3, -0.25) is 9.69 Å². The van der Waals surface area contributed by atoms with Gasteiger partial charge in [0.05, 0.1) is 22.2 Å². The number of aliphatic carboxylic acids is 1. The molecule has 0 radical (unpaired) electrons. The molecule has 1 aromatic heterocycles. The molecular formula is C21H20N2O4S. The largest absolute Gasteiger partial charge is 0.481 e. The molecule has 0 spiro atoms. The minimum absolute atomic E-state index is 0.103. The molecule has 1 saturated heterocycles. The van der Waals surface area contributed by atoms with Crippen LogP contribution in [0.3, 0.4) is 0 Å². The number of hydrogen-bond donors (Lipinski definition) is 1. The first-order valence-electron chi connectivity index (χ1n) is 9.41. The molecule has 0 saturated carbocycles. The molecule has 2 aliphatic heterocycles. The lowest BCUT2D eigenvalue weighted by Crippen LogP contribution is -2.41. The molecule has 2 aliphatic rings. The Morgan fingerprint density at radius 3 is 2.93 bits per heavy atom. The van der Waals surface area contributed by atoms with E-state index in [1.165, 1.54) is 0 Å². The van der Waals surface area contributed by atoms with E-state index in [0.717, 1.165) is 51.7 Å². The number of rotatable bonds is 4. The minimum Gasteiger partial charge on any atom is -0.481 e. The number of hydrogen-bond acceptors (Lipinski definition) is 6. The average Bonchev–Trinajstić information content (AvgIpc) is 3.34. The lowest BCUT2D eigenvalue weighted by atomic mass is 9.95. The van der Waals surface area contributed by atoms with Crippen LogP contribution in [-0.4, -0.2) is 40.8 Å². The summed E-state index contributed by atoms with van der Waals surface area (Å²) in [5, 5.41) is 10.5. The van der Waals surface area contributed by atoms with Crippen molar-refractivity contribution in [1.82, 2.24) is 9.88 Å². The Hall–Kier alpha value is -2.64. The van der Waals surface area contributed by atoms with Crippen LogP contribution in [0.15, 0.2) is 42.5 Å². The number of likely N-dealkylation sites (tertiary alicyclic amines) is 1. The third kappa shape index (κ3) is 3.10. The third-order valence-electron chi connectivity index (χ3n) is 5.42. The van der Waals surface area contributed by atoms with Crippen LogP contribution < -0.4 is 9.47 Å². The first-order valence-corrected chi connectivity index (χ1v) is 10.2. The normalized spacial score (nSPS) is 20.4. The molecule has 28 heavy (non-hydrogen) atoms. The zero-order chi connectivity index (χ0) is 19.1. The minimum atomic E-state index is -0.724. The maximum atomic E-state index is 11.6. The highest BCUT2D eigenvalue weighted by atomic mass is 32.1. The Morgan fingerprint density at radius 2 is 2.07 bits per heavy atom. The topological polar surface area (TPSA) is 71.9 Å². The van der Waals surface area contributed by atoms with E-state index in [-0.39, 0.29) is 18.8 Å². The standard InChI is InChI=1S/C21H20N2O4S/c24-21(25)14-4-3-9-23(11-14)19(13-7-8-16-17(10-13)27-12-26-16)20-22-15-5-1-2-6-18(15)28-20/h1-2,5-8,10,14,19H,3-4,9,11-12H2,(H,24,25). The van der Waals surface area contributed by atoms with Crippen LogP contribution in [0, 0.1) is 5.92 Å². The number of aromatic nitrogens is 1. The second-order valence-corrected chi connectivity index (χ2v) is 8.27. The quantitative estimate of drug-likeness (QED) is 0.721. The zero-order valence-electron chi connectivity index (χ0n) is 15.2. The smallest absolute Gasteiger partial charge is 0.307 e. The molecule has 2 atom stereocenters. The maximum Gasteiger partial charge on any atom is 0.307 e. The molecule has 0 amide bonds. The van der Waals surface area contributed by atoms with E-state index in [1.807, 2.05) is 36.4 Å². The summed E-state index contributed by atoms with van der Waals surface area (Å²) in [6.45, 7) is 1.60. The van der Waals surface area contributed by atoms with Crippen molar-refractivity contribution >= 4 is 27.5 Å². The van der Waals surface area contributed by atoms with Gasteiger partial charge in [0, 0.05) is 6.54 Å². The van der Waals surface area contributed by atoms with Gasteiger partial charge in [0.2, 0.25) is 6.79 Å². The Balaban J connectivity index is 1.58. The van der Waals surface area contributed by atoms with E-state index in [9.17, 15) is 9.90 Å². The molecule has 144 valence electrons. The number of piperidine rings is 1. The molecule has 3 heterocycles. The van der Waals surface area contributed by atoms with Gasteiger partial charge < -0.3 is 14.6 Å². The number of carboxylic acid groups (broad SMARTS) is 1. The number of nitrogens with zero attached hydrogens (tertiary/aromatic N) is 2. The summed E-state index contributed by atoms with van der Waals surface area (Å²) in [5.74, 6) is 0.405. The Bertz CT molecular complexity index is 1000. The summed E-state index contributed by atoms with van der Waals surface area (Å²) < 4.78 is 12.2. The van der Waals surface area contributed by atoms with Crippen molar-refractivity contribution in [3.63, 3.8) is 0 Å². The number of thiazole rings is 1. The first kappa shape index (κ1) is 17.5. The van der Waals surface area contributed by atoms with E-state index in [0.29, 0.717) is 6.54 Å². The van der Waals surface area contributed by atoms with Gasteiger partial charge in [-0.15, -0.1) is 11.3 Å². The zero-order valence-corrected chi connectivity index (χ0v) is 16.0. The van der Waals surface area contributed by atoms with E-state index >= 15 is 0 Å². The molecule has 7 heteroatoms. The second kappa shape index (κ2) is 7.07. The van der Waals surface area contributed by atoms with Crippen molar-refractivity contribution < 1.29 is 19.4 Å². The Kier molecular flexibility index (Phi) is 4.41.